The first-order valence-corrected chi connectivity index (χ1v) is 10.0. The van der Waals surface area contributed by atoms with E-state index in [0.717, 1.165) is 18.2 Å². The summed E-state index contributed by atoms with van der Waals surface area (Å²) in [6.07, 6.45) is 5.81. The topological polar surface area (TPSA) is 112 Å². The number of hydrogen-bond acceptors (Lipinski definition) is 8. The van der Waals surface area contributed by atoms with Crippen LogP contribution in [0.15, 0.2) is 18.5 Å². The van der Waals surface area contributed by atoms with Crippen molar-refractivity contribution in [2.24, 2.45) is 5.92 Å². The minimum absolute atomic E-state index is 0.0677. The fourth-order valence-corrected chi connectivity index (χ4v) is 3.71. The van der Waals surface area contributed by atoms with Crippen LogP contribution in [0.3, 0.4) is 0 Å². The highest BCUT2D eigenvalue weighted by Gasteiger charge is 2.30. The van der Waals surface area contributed by atoms with Gasteiger partial charge in [0.25, 0.3) is 5.88 Å². The molecule has 0 bridgehead atoms. The Labute approximate surface area is 173 Å². The molecular weight excluding hydrogens is 386 g/mol. The quantitative estimate of drug-likeness (QED) is 0.634. The predicted molar refractivity (Wildman–Crippen MR) is 107 cm³/mol. The van der Waals surface area contributed by atoms with Crippen molar-refractivity contribution < 1.29 is 14.2 Å². The molecule has 0 radical (unpaired) electrons. The zero-order chi connectivity index (χ0) is 20.7. The lowest BCUT2D eigenvalue weighted by molar-refractivity contribution is 0.118. The minimum atomic E-state index is 0.0677. The van der Waals surface area contributed by atoms with Gasteiger partial charge in [-0.1, -0.05) is 6.92 Å². The van der Waals surface area contributed by atoms with E-state index in [4.69, 9.17) is 19.2 Å². The smallest absolute Gasteiger partial charge is 0.257 e. The number of hydrogen-bond donors (Lipinski definition) is 1. The van der Waals surface area contributed by atoms with Crippen LogP contribution >= 0.6 is 0 Å². The van der Waals surface area contributed by atoms with Crippen molar-refractivity contribution in [3.63, 3.8) is 0 Å². The van der Waals surface area contributed by atoms with Gasteiger partial charge in [-0.15, -0.1) is 5.10 Å². The van der Waals surface area contributed by atoms with E-state index in [1.807, 2.05) is 10.6 Å². The largest absolute Gasteiger partial charge is 0.472 e. The number of nitriles is 1. The molecule has 0 aromatic carbocycles. The van der Waals surface area contributed by atoms with Crippen molar-refractivity contribution in [2.45, 2.75) is 38.6 Å². The summed E-state index contributed by atoms with van der Waals surface area (Å²) < 4.78 is 20.3. The van der Waals surface area contributed by atoms with E-state index in [1.54, 1.807) is 24.2 Å². The summed E-state index contributed by atoms with van der Waals surface area (Å²) in [6, 6.07) is 4.17. The summed E-state index contributed by atoms with van der Waals surface area (Å²) in [5.41, 5.74) is 1.94. The van der Waals surface area contributed by atoms with E-state index in [2.05, 4.69) is 28.4 Å². The van der Waals surface area contributed by atoms with Gasteiger partial charge >= 0.3 is 0 Å². The highest BCUT2D eigenvalue weighted by molar-refractivity contribution is 5.79. The number of rotatable bonds is 7. The Morgan fingerprint density at radius 2 is 2.23 bits per heavy atom. The van der Waals surface area contributed by atoms with Gasteiger partial charge in [0.2, 0.25) is 5.95 Å². The average Bonchev–Trinajstić information content (AvgIpc) is 3.16. The molecule has 3 aromatic heterocycles. The minimum Gasteiger partial charge on any atom is -0.472 e. The highest BCUT2D eigenvalue weighted by atomic mass is 16.5. The van der Waals surface area contributed by atoms with Crippen molar-refractivity contribution >= 4 is 22.7 Å². The van der Waals surface area contributed by atoms with Gasteiger partial charge in [-0.25, -0.2) is 9.67 Å². The molecule has 1 aliphatic carbocycles. The fourth-order valence-electron chi connectivity index (χ4n) is 3.71. The molecule has 1 saturated carbocycles. The molecule has 30 heavy (non-hydrogen) atoms. The summed E-state index contributed by atoms with van der Waals surface area (Å²) in [7, 11) is 1.61. The number of ether oxygens (including phenoxy) is 3. The van der Waals surface area contributed by atoms with Crippen LogP contribution in [0.5, 0.6) is 5.88 Å². The van der Waals surface area contributed by atoms with Crippen LogP contribution in [0, 0.1) is 17.2 Å². The summed E-state index contributed by atoms with van der Waals surface area (Å²) in [5.74, 6) is 1.21. The molecule has 10 nitrogen and oxygen atoms in total. The van der Waals surface area contributed by atoms with Gasteiger partial charge in [0.1, 0.15) is 35.9 Å². The Morgan fingerprint density at radius 1 is 1.37 bits per heavy atom. The number of nitrogens with one attached hydrogen (secondary N) is 1. The Bertz CT molecular complexity index is 1110. The third kappa shape index (κ3) is 3.46. The van der Waals surface area contributed by atoms with E-state index >= 15 is 0 Å². The first-order chi connectivity index (χ1) is 14.7. The first kappa shape index (κ1) is 18.8. The molecule has 3 aromatic rings. The van der Waals surface area contributed by atoms with Crippen LogP contribution in [0.1, 0.15) is 31.5 Å². The number of anilines is 2. The number of nitrogens with zero attached hydrogens (tertiary/aromatic N) is 6. The van der Waals surface area contributed by atoms with Gasteiger partial charge in [0.05, 0.1) is 25.5 Å². The second-order valence-corrected chi connectivity index (χ2v) is 7.81. The van der Waals surface area contributed by atoms with Gasteiger partial charge in [0, 0.05) is 24.6 Å². The molecule has 4 heterocycles. The van der Waals surface area contributed by atoms with Gasteiger partial charge in [-0.05, 0) is 18.9 Å². The van der Waals surface area contributed by atoms with E-state index in [9.17, 15) is 5.26 Å². The SMILES string of the molecule is COCn1cc(Nc2ncc3cc(C#N)n([C@H]4COC[C@@H]4C)c3n2)c(OC2CC2)n1. The number of fused-ring (bicyclic) bond motifs is 1. The maximum atomic E-state index is 9.64. The highest BCUT2D eigenvalue weighted by Crippen LogP contribution is 2.34. The van der Waals surface area contributed by atoms with Crippen LogP contribution in [0.25, 0.3) is 11.0 Å². The summed E-state index contributed by atoms with van der Waals surface area (Å²) >= 11 is 0. The van der Waals surface area contributed by atoms with Gasteiger partial charge < -0.3 is 24.1 Å². The van der Waals surface area contributed by atoms with Crippen molar-refractivity contribution in [1.82, 2.24) is 24.3 Å². The molecule has 0 spiro atoms. The molecule has 2 aliphatic rings. The lowest BCUT2D eigenvalue weighted by atomic mass is 10.1. The summed E-state index contributed by atoms with van der Waals surface area (Å²) in [4.78, 5) is 9.15. The first-order valence-electron chi connectivity index (χ1n) is 10.0. The zero-order valence-electron chi connectivity index (χ0n) is 16.9. The van der Waals surface area contributed by atoms with Crippen molar-refractivity contribution in [1.29, 1.82) is 5.26 Å². The molecular formula is C20H23N7O3. The molecule has 1 aliphatic heterocycles. The van der Waals surface area contributed by atoms with Crippen LogP contribution in [-0.2, 0) is 16.2 Å². The maximum absolute atomic E-state index is 9.64. The third-order valence-corrected chi connectivity index (χ3v) is 5.39. The molecule has 1 saturated heterocycles. The third-order valence-electron chi connectivity index (χ3n) is 5.39. The van der Waals surface area contributed by atoms with Crippen molar-refractivity contribution in [2.75, 3.05) is 25.6 Å². The molecule has 1 N–H and O–H groups in total. The molecule has 5 rings (SSSR count). The fraction of sp³-hybridized carbons (Fsp3) is 0.500. The predicted octanol–water partition coefficient (Wildman–Crippen LogP) is 2.60. The van der Waals surface area contributed by atoms with Crippen LogP contribution in [0.4, 0.5) is 11.6 Å². The van der Waals surface area contributed by atoms with E-state index in [0.29, 0.717) is 54.7 Å². The lowest BCUT2D eigenvalue weighted by Crippen LogP contribution is -2.17. The Balaban J connectivity index is 1.50. The molecule has 2 fully saturated rings. The summed E-state index contributed by atoms with van der Waals surface area (Å²) in [6.45, 7) is 3.68. The monoisotopic (exact) mass is 409 g/mol. The molecule has 2 atom stereocenters. The van der Waals surface area contributed by atoms with Crippen LogP contribution < -0.4 is 10.1 Å². The Morgan fingerprint density at radius 3 is 2.93 bits per heavy atom. The standard InChI is InChI=1S/C20H23N7O3/c1-12-9-29-10-17(12)27-14(6-21)5-13-7-22-20(24-18(13)27)23-16-8-26(11-28-2)25-19(16)30-15-3-4-15/h5,7-8,12,15,17H,3-4,9-11H2,1-2H3,(H,22,23,24)/t12-,17-/m0/s1. The molecule has 0 amide bonds. The summed E-state index contributed by atoms with van der Waals surface area (Å²) in [5, 5.41) is 18.1. The number of methoxy groups -OCH3 is 1. The molecule has 0 unspecified atom stereocenters. The van der Waals surface area contributed by atoms with Crippen LogP contribution in [-0.4, -0.2) is 50.7 Å². The van der Waals surface area contributed by atoms with Crippen molar-refractivity contribution in [3.05, 3.63) is 24.2 Å². The van der Waals surface area contributed by atoms with Gasteiger partial charge in [-0.3, -0.25) is 0 Å². The molecule has 156 valence electrons. The van der Waals surface area contributed by atoms with Gasteiger partial charge in [0.15, 0.2) is 0 Å². The zero-order valence-corrected chi connectivity index (χ0v) is 16.9. The Kier molecular flexibility index (Phi) is 4.77. The lowest BCUT2D eigenvalue weighted by Gasteiger charge is -2.17. The van der Waals surface area contributed by atoms with Gasteiger partial charge in [-0.2, -0.15) is 10.2 Å². The Hall–Kier alpha value is -3.16. The van der Waals surface area contributed by atoms with Crippen molar-refractivity contribution in [3.8, 4) is 11.9 Å². The molecule has 10 heteroatoms. The average molecular weight is 409 g/mol. The van der Waals surface area contributed by atoms with E-state index < -0.39 is 0 Å². The normalized spacial score (nSPS) is 21.1. The number of aromatic nitrogens is 5. The van der Waals surface area contributed by atoms with E-state index in [-0.39, 0.29) is 12.1 Å². The second-order valence-electron chi connectivity index (χ2n) is 7.81. The second kappa shape index (κ2) is 7.59. The van der Waals surface area contributed by atoms with E-state index in [1.165, 1.54) is 0 Å². The van der Waals surface area contributed by atoms with Crippen LogP contribution in [0.2, 0.25) is 0 Å². The maximum Gasteiger partial charge on any atom is 0.257 e.